The van der Waals surface area contributed by atoms with Crippen molar-refractivity contribution >= 4 is 0 Å². The van der Waals surface area contributed by atoms with Crippen LogP contribution in [0.25, 0.3) is 0 Å². The van der Waals surface area contributed by atoms with Crippen LogP contribution in [0.1, 0.15) is 13.8 Å². The van der Waals surface area contributed by atoms with Gasteiger partial charge < -0.3 is 0 Å². The van der Waals surface area contributed by atoms with Crippen molar-refractivity contribution in [2.24, 2.45) is 5.41 Å². The van der Waals surface area contributed by atoms with Crippen LogP contribution in [-0.4, -0.2) is 0 Å². The van der Waals surface area contributed by atoms with Crippen LogP contribution in [0.2, 0.25) is 0 Å². The number of hydrogen-bond donors (Lipinski definition) is 0. The van der Waals surface area contributed by atoms with Crippen molar-refractivity contribution in [1.82, 2.24) is 0 Å². The second kappa shape index (κ2) is 7.57. The molecule has 0 saturated heterocycles. The molecule has 0 unspecified atom stereocenters. The van der Waals surface area contributed by atoms with Crippen LogP contribution in [0.4, 0.5) is 0 Å². The van der Waals surface area contributed by atoms with E-state index < -0.39 is 0 Å². The van der Waals surface area contributed by atoms with E-state index in [0.717, 1.165) is 0 Å². The summed E-state index contributed by atoms with van der Waals surface area (Å²) in [6.45, 7) is 9.02. The largest absolute Gasteiger partial charge is 2.00 e. The third-order valence-electron chi connectivity index (χ3n) is 2.77. The summed E-state index contributed by atoms with van der Waals surface area (Å²) in [5.74, 6) is 2.78. The van der Waals surface area contributed by atoms with E-state index in [2.05, 4.69) is 71.9 Å². The van der Waals surface area contributed by atoms with Crippen LogP contribution in [0.15, 0.2) is 0 Å². The van der Waals surface area contributed by atoms with E-state index in [-0.39, 0.29) is 22.8 Å². The summed E-state index contributed by atoms with van der Waals surface area (Å²) in [4.78, 5) is 0. The average Bonchev–Trinajstić information content (AvgIpc) is 2.95. The van der Waals surface area contributed by atoms with Crippen LogP contribution in [0, 0.1) is 75.3 Å². The second-order valence-electron chi connectivity index (χ2n) is 3.97. The van der Waals surface area contributed by atoms with Gasteiger partial charge in [-0.1, -0.05) is 13.8 Å². The second-order valence-corrected chi connectivity index (χ2v) is 3.97. The predicted molar refractivity (Wildman–Crippen MR) is 58.6 cm³/mol. The van der Waals surface area contributed by atoms with E-state index in [0.29, 0.717) is 0 Å². The minimum absolute atomic E-state index is 0. The predicted octanol–water partition coefficient (Wildman–Crippen LogP) is 2.78. The Morgan fingerprint density at radius 1 is 0.812 bits per heavy atom. The molecule has 0 N–H and O–H groups in total. The molecule has 0 aliphatic heterocycles. The van der Waals surface area contributed by atoms with Gasteiger partial charge in [-0.05, 0) is 68.6 Å². The maximum atomic E-state index is 7.50. The smallest absolute Gasteiger partial charge is 2.00 e. The van der Waals surface area contributed by atoms with Crippen molar-refractivity contribution in [3.05, 3.63) is 69.9 Å². The van der Waals surface area contributed by atoms with Crippen molar-refractivity contribution in [1.29, 1.82) is 0 Å². The molecule has 0 bridgehead atoms. The third-order valence-corrected chi connectivity index (χ3v) is 2.77. The summed E-state index contributed by atoms with van der Waals surface area (Å²) in [6, 6.07) is 0. The fourth-order valence-electron chi connectivity index (χ4n) is 1.75. The molecule has 80 valence electrons. The first-order valence-electron chi connectivity index (χ1n) is 4.86. The van der Waals surface area contributed by atoms with Crippen molar-refractivity contribution in [3.63, 3.8) is 0 Å². The zero-order valence-corrected chi connectivity index (χ0v) is 10.7. The number of hydrogen-bond acceptors (Lipinski definition) is 0. The molecule has 0 spiro atoms. The summed E-state index contributed by atoms with van der Waals surface area (Å²) in [5, 5.41) is 0. The summed E-state index contributed by atoms with van der Waals surface area (Å²) in [5.41, 5.74) is 0.146. The van der Waals surface area contributed by atoms with Crippen molar-refractivity contribution in [2.45, 2.75) is 13.8 Å². The molecule has 1 nitrogen and oxygen atoms in total. The minimum atomic E-state index is 0. The van der Waals surface area contributed by atoms with Crippen LogP contribution in [0.5, 0.6) is 0 Å². The van der Waals surface area contributed by atoms with E-state index in [9.17, 15) is 0 Å². The Morgan fingerprint density at radius 3 is 1.31 bits per heavy atom. The fourth-order valence-corrected chi connectivity index (χ4v) is 1.75. The summed E-state index contributed by atoms with van der Waals surface area (Å²) >= 11 is 0. The normalized spacial score (nSPS) is 22.2. The Bertz CT molecular complexity index is 180. The summed E-state index contributed by atoms with van der Waals surface area (Å²) in [6.07, 6.45) is 17.1. The molecule has 10 radical (unpaired) electrons. The SMILES string of the molecule is CC(C)([C]1[CH][CH][CH][CH]1)[C]1[CH][CH][CH][CH]1.[C-]#[O+].[Cr+2]. The molecule has 2 saturated carbocycles. The maximum absolute atomic E-state index is 7.50. The molecule has 0 aromatic rings. The molecular formula is C14H14CrO+2. The van der Waals surface area contributed by atoms with Gasteiger partial charge in [-0.25, -0.2) is 0 Å². The first-order chi connectivity index (χ1) is 7.21. The fraction of sp³-hybridized carbons (Fsp3) is 0.214. The topological polar surface area (TPSA) is 19.9 Å². The zero-order valence-electron chi connectivity index (χ0n) is 9.44. The molecule has 0 amide bonds. The molecule has 2 rings (SSSR count). The molecule has 0 heterocycles. The molecule has 0 aromatic carbocycles. The van der Waals surface area contributed by atoms with Crippen LogP contribution < -0.4 is 0 Å². The van der Waals surface area contributed by atoms with E-state index in [4.69, 9.17) is 4.65 Å². The maximum Gasteiger partial charge on any atom is 2.00 e. The minimum Gasteiger partial charge on any atom is 2.00 e. The molecule has 2 fully saturated rings. The van der Waals surface area contributed by atoms with Gasteiger partial charge >= 0.3 is 28.7 Å². The van der Waals surface area contributed by atoms with Crippen molar-refractivity contribution < 1.29 is 22.0 Å². The van der Waals surface area contributed by atoms with Gasteiger partial charge in [-0.3, -0.25) is 0 Å². The van der Waals surface area contributed by atoms with Gasteiger partial charge in [0.2, 0.25) is 0 Å². The first kappa shape index (κ1) is 16.3. The van der Waals surface area contributed by atoms with Gasteiger partial charge in [0.1, 0.15) is 0 Å². The molecule has 2 heteroatoms. The molecule has 0 aromatic heterocycles. The first-order valence-corrected chi connectivity index (χ1v) is 4.86. The molecular weight excluding hydrogens is 236 g/mol. The van der Waals surface area contributed by atoms with Gasteiger partial charge in [0.25, 0.3) is 0 Å². The Balaban J connectivity index is 0.000000711. The van der Waals surface area contributed by atoms with Crippen molar-refractivity contribution in [3.8, 4) is 0 Å². The quantitative estimate of drug-likeness (QED) is 0.530. The van der Waals surface area contributed by atoms with Crippen LogP contribution >= 0.6 is 0 Å². The Labute approximate surface area is 111 Å². The van der Waals surface area contributed by atoms with Gasteiger partial charge in [-0.15, -0.1) is 0 Å². The summed E-state index contributed by atoms with van der Waals surface area (Å²) < 4.78 is 7.50. The molecule has 16 heavy (non-hydrogen) atoms. The van der Waals surface area contributed by atoms with Crippen molar-refractivity contribution in [2.75, 3.05) is 0 Å². The van der Waals surface area contributed by atoms with Crippen LogP contribution in [-0.2, 0) is 22.0 Å². The average molecular weight is 250 g/mol. The Kier molecular flexibility index (Phi) is 7.70. The number of rotatable bonds is 2. The van der Waals surface area contributed by atoms with Crippen LogP contribution in [0.3, 0.4) is 0 Å². The standard InChI is InChI=1S/C13H14.CO.Cr/c1-13(2,11-7-3-4-8-11)12-9-5-6-10-12;1-2;/h3-10H,1-2H3;;/q;;+2. The van der Waals surface area contributed by atoms with Gasteiger partial charge in [0.15, 0.2) is 0 Å². The summed E-state index contributed by atoms with van der Waals surface area (Å²) in [7, 11) is 0. The van der Waals surface area contributed by atoms with E-state index in [1.165, 1.54) is 11.8 Å². The van der Waals surface area contributed by atoms with Gasteiger partial charge in [-0.2, -0.15) is 0 Å². The third kappa shape index (κ3) is 3.64. The Morgan fingerprint density at radius 2 is 1.06 bits per heavy atom. The molecule has 2 aliphatic rings. The Hall–Kier alpha value is 0.272. The molecule has 0 atom stereocenters. The monoisotopic (exact) mass is 250 g/mol. The van der Waals surface area contributed by atoms with Gasteiger partial charge in [0.05, 0.1) is 0 Å². The van der Waals surface area contributed by atoms with E-state index in [1.807, 2.05) is 0 Å². The molecule has 2 aliphatic carbocycles. The van der Waals surface area contributed by atoms with Gasteiger partial charge in [0, 0.05) is 0 Å². The van der Waals surface area contributed by atoms with E-state index in [1.54, 1.807) is 0 Å². The van der Waals surface area contributed by atoms with E-state index >= 15 is 0 Å². The zero-order chi connectivity index (χ0) is 11.3.